The topological polar surface area (TPSA) is 92.2 Å². The molecule has 9 nitrogen and oxygen atoms in total. The summed E-state index contributed by atoms with van der Waals surface area (Å²) in [5.74, 6) is 0.969. The van der Waals surface area contributed by atoms with Gasteiger partial charge in [-0.05, 0) is 58.0 Å². The molecule has 3 heterocycles. The van der Waals surface area contributed by atoms with Gasteiger partial charge in [0, 0.05) is 49.2 Å². The summed E-state index contributed by atoms with van der Waals surface area (Å²) in [5.41, 5.74) is 3.24. The number of halogens is 1. The third-order valence-electron chi connectivity index (χ3n) is 7.45. The van der Waals surface area contributed by atoms with Crippen LogP contribution >= 0.6 is 0 Å². The van der Waals surface area contributed by atoms with Crippen LogP contribution < -0.4 is 10.3 Å². The molecule has 1 saturated heterocycles. The van der Waals surface area contributed by atoms with Gasteiger partial charge < -0.3 is 9.72 Å². The third kappa shape index (κ3) is 5.49. The zero-order valence-electron chi connectivity index (χ0n) is 22.2. The largest absolute Gasteiger partial charge is 0.497 e. The molecule has 2 aromatic heterocycles. The molecule has 1 aliphatic heterocycles. The molecule has 1 aliphatic rings. The summed E-state index contributed by atoms with van der Waals surface area (Å²) in [6.07, 6.45) is 0. The van der Waals surface area contributed by atoms with E-state index in [1.165, 1.54) is 17.7 Å². The Hall–Kier alpha value is -4.41. The van der Waals surface area contributed by atoms with E-state index in [1.807, 2.05) is 30.3 Å². The van der Waals surface area contributed by atoms with E-state index < -0.39 is 6.04 Å². The minimum Gasteiger partial charge on any atom is -0.497 e. The predicted molar refractivity (Wildman–Crippen MR) is 150 cm³/mol. The van der Waals surface area contributed by atoms with Crippen molar-refractivity contribution >= 4 is 10.9 Å². The van der Waals surface area contributed by atoms with Crippen LogP contribution in [-0.4, -0.2) is 68.3 Å². The molecular weight excluding hydrogens is 509 g/mol. The van der Waals surface area contributed by atoms with E-state index in [4.69, 9.17) is 4.74 Å². The van der Waals surface area contributed by atoms with Gasteiger partial charge in [0.25, 0.3) is 5.56 Å². The van der Waals surface area contributed by atoms with Crippen molar-refractivity contribution < 1.29 is 9.13 Å². The smallest absolute Gasteiger partial charge is 0.253 e. The van der Waals surface area contributed by atoms with Gasteiger partial charge in [0.05, 0.1) is 13.7 Å². The number of nitrogens with zero attached hydrogens (tertiary/aromatic N) is 6. The lowest BCUT2D eigenvalue weighted by molar-refractivity contribution is 0.0998. The second-order valence-corrected chi connectivity index (χ2v) is 10.0. The fraction of sp³-hybridized carbons (Fsp3) is 0.267. The summed E-state index contributed by atoms with van der Waals surface area (Å²) in [4.78, 5) is 21.3. The van der Waals surface area contributed by atoms with Gasteiger partial charge in [-0.3, -0.25) is 14.6 Å². The molecule has 1 fully saturated rings. The van der Waals surface area contributed by atoms with Crippen LogP contribution in [0.5, 0.6) is 5.75 Å². The van der Waals surface area contributed by atoms with Crippen LogP contribution in [0.3, 0.4) is 0 Å². The van der Waals surface area contributed by atoms with Crippen molar-refractivity contribution in [3.63, 3.8) is 0 Å². The van der Waals surface area contributed by atoms with Crippen molar-refractivity contribution in [3.05, 3.63) is 118 Å². The molecule has 40 heavy (non-hydrogen) atoms. The predicted octanol–water partition coefficient (Wildman–Crippen LogP) is 3.62. The highest BCUT2D eigenvalue weighted by atomic mass is 19.1. The first-order chi connectivity index (χ1) is 19.6. The lowest BCUT2D eigenvalue weighted by atomic mass is 10.0. The molecule has 3 aromatic carbocycles. The van der Waals surface area contributed by atoms with Crippen LogP contribution in [-0.2, 0) is 13.1 Å². The van der Waals surface area contributed by atoms with Crippen LogP contribution in [0.1, 0.15) is 28.6 Å². The minimum absolute atomic E-state index is 0.189. The number of H-pyrrole nitrogens is 1. The van der Waals surface area contributed by atoms with Crippen molar-refractivity contribution in [1.29, 1.82) is 0 Å². The maximum absolute atomic E-state index is 13.5. The lowest BCUT2D eigenvalue weighted by Gasteiger charge is -2.38. The highest BCUT2D eigenvalue weighted by Crippen LogP contribution is 2.29. The van der Waals surface area contributed by atoms with E-state index in [1.54, 1.807) is 23.9 Å². The Morgan fingerprint density at radius 1 is 0.925 bits per heavy atom. The summed E-state index contributed by atoms with van der Waals surface area (Å²) >= 11 is 0. The van der Waals surface area contributed by atoms with Crippen LogP contribution in [0, 0.1) is 5.82 Å². The summed E-state index contributed by atoms with van der Waals surface area (Å²) in [5, 5.41) is 13.5. The summed E-state index contributed by atoms with van der Waals surface area (Å²) < 4.78 is 20.7. The number of rotatable bonds is 8. The Kier molecular flexibility index (Phi) is 7.35. The number of benzene rings is 3. The SMILES string of the molecule is COc1ccc2[nH]c(=O)c([C@H](c3nnnn3Cc3ccc(F)cc3)N3CCN(Cc4ccccc4)CC3)cc2c1. The molecule has 0 radical (unpaired) electrons. The summed E-state index contributed by atoms with van der Waals surface area (Å²) in [6.45, 7) is 4.37. The summed E-state index contributed by atoms with van der Waals surface area (Å²) in [6, 6.07) is 23.7. The Labute approximate surface area is 230 Å². The van der Waals surface area contributed by atoms with Gasteiger partial charge in [-0.25, -0.2) is 9.07 Å². The molecule has 10 heteroatoms. The maximum Gasteiger partial charge on any atom is 0.253 e. The van der Waals surface area contributed by atoms with Crippen molar-refractivity contribution in [2.75, 3.05) is 33.3 Å². The van der Waals surface area contributed by atoms with Gasteiger partial charge in [-0.1, -0.05) is 42.5 Å². The Morgan fingerprint density at radius 3 is 2.42 bits per heavy atom. The zero-order valence-corrected chi connectivity index (χ0v) is 22.2. The van der Waals surface area contributed by atoms with E-state index in [0.717, 1.165) is 49.2 Å². The number of fused-ring (bicyclic) bond motifs is 1. The average Bonchev–Trinajstić information content (AvgIpc) is 3.43. The minimum atomic E-state index is -0.478. The number of methoxy groups -OCH3 is 1. The first-order valence-electron chi connectivity index (χ1n) is 13.3. The maximum atomic E-state index is 13.5. The molecule has 6 rings (SSSR count). The second kappa shape index (κ2) is 11.4. The van der Waals surface area contributed by atoms with Crippen LogP contribution in [0.4, 0.5) is 4.39 Å². The fourth-order valence-corrected chi connectivity index (χ4v) is 5.33. The van der Waals surface area contributed by atoms with Crippen molar-refractivity contribution in [2.24, 2.45) is 0 Å². The fourth-order valence-electron chi connectivity index (χ4n) is 5.33. The highest BCUT2D eigenvalue weighted by molar-refractivity contribution is 5.80. The van der Waals surface area contributed by atoms with Crippen molar-refractivity contribution in [1.82, 2.24) is 35.0 Å². The van der Waals surface area contributed by atoms with E-state index >= 15 is 0 Å². The van der Waals surface area contributed by atoms with Crippen molar-refractivity contribution in [2.45, 2.75) is 19.1 Å². The number of hydrogen-bond acceptors (Lipinski definition) is 7. The van der Waals surface area contributed by atoms with E-state index in [0.29, 0.717) is 23.7 Å². The monoisotopic (exact) mass is 539 g/mol. The number of hydrogen-bond donors (Lipinski definition) is 1. The Bertz CT molecular complexity index is 1640. The molecule has 0 unspecified atom stereocenters. The van der Waals surface area contributed by atoms with E-state index in [9.17, 15) is 9.18 Å². The molecule has 0 amide bonds. The molecule has 204 valence electrons. The normalized spacial score (nSPS) is 15.3. The first kappa shape index (κ1) is 25.8. The number of aromatic amines is 1. The molecule has 0 aliphatic carbocycles. The zero-order chi connectivity index (χ0) is 27.5. The summed E-state index contributed by atoms with van der Waals surface area (Å²) in [7, 11) is 1.62. The number of piperazine rings is 1. The molecule has 0 bridgehead atoms. The van der Waals surface area contributed by atoms with E-state index in [2.05, 4.69) is 54.6 Å². The second-order valence-electron chi connectivity index (χ2n) is 10.0. The van der Waals surface area contributed by atoms with E-state index in [-0.39, 0.29) is 11.4 Å². The lowest BCUT2D eigenvalue weighted by Crippen LogP contribution is -2.48. The van der Waals surface area contributed by atoms with Gasteiger partial charge in [-0.2, -0.15) is 0 Å². The van der Waals surface area contributed by atoms with Crippen LogP contribution in [0.15, 0.2) is 83.7 Å². The molecule has 1 atom stereocenters. The standard InChI is InChI=1S/C30H30FN7O2/c1-40-25-11-12-27-23(17-25)18-26(30(39)32-27)28(29-33-34-35-38(29)20-22-7-9-24(31)10-8-22)37-15-13-36(14-16-37)19-21-5-3-2-4-6-21/h2-12,17-18,28H,13-16,19-20H2,1H3,(H,32,39)/t28-/m1/s1. The van der Waals surface area contributed by atoms with Gasteiger partial charge in [0.15, 0.2) is 5.82 Å². The van der Waals surface area contributed by atoms with Gasteiger partial charge in [0.2, 0.25) is 0 Å². The van der Waals surface area contributed by atoms with Crippen LogP contribution in [0.2, 0.25) is 0 Å². The number of pyridine rings is 1. The number of nitrogens with one attached hydrogen (secondary N) is 1. The molecule has 1 N–H and O–H groups in total. The highest BCUT2D eigenvalue weighted by Gasteiger charge is 2.32. The Morgan fingerprint density at radius 2 is 1.68 bits per heavy atom. The number of ether oxygens (including phenoxy) is 1. The first-order valence-corrected chi connectivity index (χ1v) is 13.3. The number of tetrazole rings is 1. The Balaban J connectivity index is 1.35. The van der Waals surface area contributed by atoms with Gasteiger partial charge in [-0.15, -0.1) is 5.10 Å². The van der Waals surface area contributed by atoms with Gasteiger partial charge >= 0.3 is 0 Å². The quantitative estimate of drug-likeness (QED) is 0.322. The molecule has 0 spiro atoms. The molecule has 0 saturated carbocycles. The third-order valence-corrected chi connectivity index (χ3v) is 7.45. The molecule has 5 aromatic rings. The molecular formula is C30H30FN7O2. The van der Waals surface area contributed by atoms with Crippen LogP contribution in [0.25, 0.3) is 10.9 Å². The number of aromatic nitrogens is 5. The average molecular weight is 540 g/mol. The van der Waals surface area contributed by atoms with Gasteiger partial charge in [0.1, 0.15) is 17.6 Å². The van der Waals surface area contributed by atoms with Crippen molar-refractivity contribution in [3.8, 4) is 5.75 Å².